The number of carbonyl (C=O) groups is 2. The smallest absolute Gasteiger partial charge is 0.351 e. The number of nitrogens with two attached hydrogens (primary N) is 4. The average molecular weight is 1150 g/mol. The Hall–Kier alpha value is -7.81. The second-order valence-electron chi connectivity index (χ2n) is 19.3. The summed E-state index contributed by atoms with van der Waals surface area (Å²) in [6, 6.07) is 1.83. The number of aliphatic imine (C=N–C) groups is 1. The third kappa shape index (κ3) is 14.4. The summed E-state index contributed by atoms with van der Waals surface area (Å²) >= 11 is 0. The number of alkyl halides is 3. The van der Waals surface area contributed by atoms with E-state index in [9.17, 15) is 39.2 Å². The third-order valence-corrected chi connectivity index (χ3v) is 13.5. The van der Waals surface area contributed by atoms with Crippen LogP contribution in [0.4, 0.5) is 24.7 Å². The van der Waals surface area contributed by atoms with Crippen LogP contribution in [0.5, 0.6) is 0 Å². The maximum Gasteiger partial charge on any atom is 0.351 e. The Kier molecular flexibility index (Phi) is 22.6. The van der Waals surface area contributed by atoms with E-state index in [0.29, 0.717) is 17.6 Å². The first-order valence-electron chi connectivity index (χ1n) is 25.1. The van der Waals surface area contributed by atoms with Gasteiger partial charge in [-0.3, -0.25) is 18.7 Å². The highest BCUT2D eigenvalue weighted by Gasteiger charge is 2.61. The molecule has 35 heteroatoms. The maximum absolute atomic E-state index is 15.4. The molecule has 0 aromatic carbocycles. The van der Waals surface area contributed by atoms with Crippen molar-refractivity contribution in [2.45, 2.75) is 138 Å². The summed E-state index contributed by atoms with van der Waals surface area (Å²) < 4.78 is 74.8. The molecule has 0 aliphatic carbocycles. The number of ether oxygens (including phenoxy) is 5. The summed E-state index contributed by atoms with van der Waals surface area (Å²) in [5, 5.41) is 49.5. The van der Waals surface area contributed by atoms with Crippen molar-refractivity contribution in [1.82, 2.24) is 29.0 Å². The quantitative estimate of drug-likeness (QED) is 0.0236. The van der Waals surface area contributed by atoms with Gasteiger partial charge in [-0.2, -0.15) is 4.98 Å². The number of anilines is 2. The number of aliphatic hydroxyl groups is 4. The van der Waals surface area contributed by atoms with Crippen LogP contribution in [0.25, 0.3) is 42.5 Å². The Bertz CT molecular complexity index is 2960. The normalized spacial score (nSPS) is 28.8. The van der Waals surface area contributed by atoms with E-state index in [2.05, 4.69) is 63.5 Å². The Labute approximate surface area is 459 Å². The molecule has 4 aliphatic rings. The highest BCUT2D eigenvalue weighted by Crippen LogP contribution is 2.43. The number of rotatable bonds is 22. The van der Waals surface area contributed by atoms with Crippen molar-refractivity contribution >= 4 is 40.4 Å². The second-order valence-corrected chi connectivity index (χ2v) is 19.3. The summed E-state index contributed by atoms with van der Waals surface area (Å²) in [6.45, 7) is 5.50. The van der Waals surface area contributed by atoms with Crippen LogP contribution in [0.3, 0.4) is 0 Å². The number of aliphatic hydroxyl groups excluding tert-OH is 4. The van der Waals surface area contributed by atoms with Crippen LogP contribution >= 0.6 is 0 Å². The number of hydrogen-bond donors (Lipinski definition) is 8. The first-order chi connectivity index (χ1) is 38.6. The third-order valence-electron chi connectivity index (χ3n) is 13.5. The molecular formula is C46H65F3N20O12. The minimum Gasteiger partial charge on any atom is -0.456 e. The van der Waals surface area contributed by atoms with Crippen molar-refractivity contribution in [1.29, 1.82) is 0 Å². The number of carbonyl (C=O) groups excluding carboxylic acids is 2. The molecule has 3 saturated heterocycles. The maximum atomic E-state index is 15.4. The lowest BCUT2D eigenvalue weighted by Crippen LogP contribution is -2.52. The Balaban J connectivity index is 0.000000225. The molecule has 0 amide bonds. The predicted molar refractivity (Wildman–Crippen MR) is 280 cm³/mol. The number of aromatic nitrogens is 5. The number of fused-ring (bicyclic) bond motifs is 1. The molecule has 442 valence electrons. The van der Waals surface area contributed by atoms with Gasteiger partial charge in [0.15, 0.2) is 55.1 Å². The lowest BCUT2D eigenvalue weighted by atomic mass is 9.96. The molecular weight excluding hydrogens is 1080 g/mol. The first kappa shape index (κ1) is 64.0. The lowest BCUT2D eigenvalue weighted by Gasteiger charge is -2.32. The molecule has 4 aliphatic heterocycles. The molecule has 12 N–H and O–H groups in total. The van der Waals surface area contributed by atoms with Crippen LogP contribution < -0.4 is 28.6 Å². The minimum absolute atomic E-state index is 0.0572. The van der Waals surface area contributed by atoms with E-state index in [1.165, 1.54) is 46.5 Å². The van der Waals surface area contributed by atoms with Crippen LogP contribution in [0.15, 0.2) is 80.7 Å². The van der Waals surface area contributed by atoms with Crippen LogP contribution in [-0.4, -0.2) is 173 Å². The number of pyridine rings is 1. The summed E-state index contributed by atoms with van der Waals surface area (Å²) in [4.78, 5) is 61.4. The first-order valence-corrected chi connectivity index (χ1v) is 25.1. The van der Waals surface area contributed by atoms with E-state index in [-0.39, 0.29) is 35.5 Å². The number of azide groups is 3. The number of nitrogens with zero attached hydrogens (tertiary/aromatic N) is 16. The fourth-order valence-corrected chi connectivity index (χ4v) is 8.82. The molecule has 0 spiro atoms. The van der Waals surface area contributed by atoms with Crippen molar-refractivity contribution < 1.29 is 66.9 Å². The molecule has 3 fully saturated rings. The Morgan fingerprint density at radius 1 is 0.827 bits per heavy atom. The fourth-order valence-electron chi connectivity index (χ4n) is 8.82. The number of halogens is 3. The zero-order valence-electron chi connectivity index (χ0n) is 44.2. The molecule has 1 unspecified atom stereocenters. The summed E-state index contributed by atoms with van der Waals surface area (Å²) in [5.41, 5.74) is 43.1. The van der Waals surface area contributed by atoms with Gasteiger partial charge in [-0.15, -0.1) is 0 Å². The van der Waals surface area contributed by atoms with Gasteiger partial charge in [0.1, 0.15) is 51.9 Å². The SMILES string of the molecule is C=C1N=C(N)C=CN1[C@@H]1O[C@@](CO)(CN=[N+]=[N-])[C@@H](OC(=O)C(N)C(C)C)[C@H]1F.CCCCCCCC(=O)O[C@H]1[C@@H](F)[C@H](n2ccc(N)nc2=O)O[C@@]1(CO)CN=[N+]=[N-].[N-]=[N+]=NC[C@]1(CO)O[C@@H](n2cnc3c(N)ccnc32)[C@H](F)[C@@H]1O. The Morgan fingerprint density at radius 2 is 1.38 bits per heavy atom. The van der Waals surface area contributed by atoms with Gasteiger partial charge in [-0.05, 0) is 47.1 Å². The van der Waals surface area contributed by atoms with E-state index in [1.807, 2.05) is 0 Å². The molecule has 3 aromatic heterocycles. The van der Waals surface area contributed by atoms with Crippen molar-refractivity contribution in [3.63, 3.8) is 0 Å². The zero-order valence-corrected chi connectivity index (χ0v) is 44.2. The molecule has 7 heterocycles. The van der Waals surface area contributed by atoms with Gasteiger partial charge in [0.2, 0.25) is 0 Å². The van der Waals surface area contributed by atoms with E-state index in [1.54, 1.807) is 19.9 Å². The molecule has 81 heavy (non-hydrogen) atoms. The van der Waals surface area contributed by atoms with Gasteiger partial charge < -0.3 is 71.9 Å². The average Bonchev–Trinajstić information content (AvgIpc) is 4.37. The van der Waals surface area contributed by atoms with E-state index < -0.39 is 135 Å². The van der Waals surface area contributed by atoms with Crippen LogP contribution in [0.2, 0.25) is 0 Å². The minimum atomic E-state index is -2.02. The summed E-state index contributed by atoms with van der Waals surface area (Å²) in [6.07, 6.45) is -3.52. The van der Waals surface area contributed by atoms with Crippen molar-refractivity contribution in [3.8, 4) is 0 Å². The highest BCUT2D eigenvalue weighted by molar-refractivity contribution is 5.92. The number of unbranched alkanes of at least 4 members (excludes halogenated alkanes) is 4. The molecule has 0 saturated carbocycles. The van der Waals surface area contributed by atoms with Crippen LogP contribution in [0.1, 0.15) is 71.8 Å². The molecule has 0 radical (unpaired) electrons. The lowest BCUT2D eigenvalue weighted by molar-refractivity contribution is -0.170. The van der Waals surface area contributed by atoms with Gasteiger partial charge >= 0.3 is 17.6 Å². The standard InChI is InChI=1S/C18H27FN6O5.C16H24FN7O4.C12H14FN7O3/c1-2-3-4-5-6-7-13(27)29-15-14(19)16(25-9-8-12(20)23-17(25)28)30-18(15,11-26)10-22-24-21;1-8(2)12(19)15(26)27-13-11(17)14(24-5-4-10(18)22-9(24)3)28-16(13,7-25)6-21-23-20;13-7-9(22)12(4-21,3-18-19-15)23-11(7)20-5-17-8-6(14)1-2-16-10(8)20/h8-9,14-16,26H,2-7,10-11H2,1H3,(H2,20,23,28);4-5,8,11-14,25H,3,6-7,19H2,1-2H3,(H2,18,22);1-2,5,7,9,11,21-22H,3-4H2,(H2,14,16)/t14-,15+,16-,18-;11-,12?,13+,14-,16-;7-,9+,11-,12-/m111/s1. The Morgan fingerprint density at radius 3 is 1.95 bits per heavy atom. The van der Waals surface area contributed by atoms with Crippen molar-refractivity contribution in [2.75, 3.05) is 50.9 Å². The van der Waals surface area contributed by atoms with E-state index in [0.717, 1.165) is 30.3 Å². The molecule has 0 bridgehead atoms. The molecule has 3 aromatic rings. The molecule has 7 rings (SSSR count). The second kappa shape index (κ2) is 28.6. The van der Waals surface area contributed by atoms with E-state index in [4.69, 9.17) is 63.2 Å². The molecule has 13 atom stereocenters. The van der Waals surface area contributed by atoms with E-state index >= 15 is 8.78 Å². The number of imidazole rings is 1. The summed E-state index contributed by atoms with van der Waals surface area (Å²) in [7, 11) is 0. The number of esters is 2. The summed E-state index contributed by atoms with van der Waals surface area (Å²) in [5.74, 6) is -1.58. The zero-order chi connectivity index (χ0) is 59.8. The number of hydrogen-bond acceptors (Lipinski definition) is 24. The largest absolute Gasteiger partial charge is 0.456 e. The predicted octanol–water partition coefficient (Wildman–Crippen LogP) is 2.56. The van der Waals surface area contributed by atoms with Gasteiger partial charge in [0, 0.05) is 39.7 Å². The van der Waals surface area contributed by atoms with Crippen LogP contribution in [0, 0.1) is 5.92 Å². The van der Waals surface area contributed by atoms with Gasteiger partial charge in [-0.25, -0.2) is 32.9 Å². The monoisotopic (exact) mass is 1150 g/mol. The van der Waals surface area contributed by atoms with Gasteiger partial charge in [0.25, 0.3) is 0 Å². The highest BCUT2D eigenvalue weighted by atomic mass is 19.1. The topological polar surface area (TPSA) is 493 Å². The van der Waals surface area contributed by atoms with Crippen LogP contribution in [-0.2, 0) is 33.3 Å². The fraction of sp³-hybridized carbons (Fsp3) is 0.630. The van der Waals surface area contributed by atoms with Gasteiger partial charge in [-0.1, -0.05) is 68.4 Å². The van der Waals surface area contributed by atoms with Gasteiger partial charge in [0.05, 0.1) is 51.5 Å². The number of amidine groups is 1. The van der Waals surface area contributed by atoms with Crippen molar-refractivity contribution in [2.24, 2.45) is 37.7 Å². The molecule has 32 nitrogen and oxygen atoms in total. The van der Waals surface area contributed by atoms with Crippen molar-refractivity contribution in [3.05, 3.63) is 97.3 Å². The number of nitrogen functional groups attached to an aromatic ring is 2.